The molecule has 146 valence electrons. The maximum absolute atomic E-state index is 12.5. The van der Waals surface area contributed by atoms with E-state index in [9.17, 15) is 4.79 Å². The van der Waals surface area contributed by atoms with E-state index in [1.54, 1.807) is 0 Å². The number of nitrogens with one attached hydrogen (secondary N) is 1. The Kier molecular flexibility index (Phi) is 4.51. The number of pyridine rings is 1. The summed E-state index contributed by atoms with van der Waals surface area (Å²) in [4.78, 5) is 12.5. The molecule has 0 aliphatic heterocycles. The lowest BCUT2D eigenvalue weighted by atomic mass is 9.96. The van der Waals surface area contributed by atoms with Gasteiger partial charge in [-0.05, 0) is 43.0 Å². The molecule has 5 rings (SSSR count). The van der Waals surface area contributed by atoms with Gasteiger partial charge in [0.15, 0.2) is 10.8 Å². The third kappa shape index (κ3) is 3.38. The predicted molar refractivity (Wildman–Crippen MR) is 116 cm³/mol. The van der Waals surface area contributed by atoms with Gasteiger partial charge in [-0.2, -0.15) is 0 Å². The standard InChI is InChI=1S/C23H22N4OS/c1-16-13-20-25-26-22(27(20)19-10-6-5-9-18(16)19)29-14-21(28)24-15-23(11-12-23)17-7-3-2-4-8-17/h2-10,13H,11-12,14-15H2,1H3,(H,24,28). The van der Waals surface area contributed by atoms with Crippen molar-refractivity contribution in [3.8, 4) is 0 Å². The fraction of sp³-hybridized carbons (Fsp3) is 0.261. The smallest absolute Gasteiger partial charge is 0.230 e. The normalized spacial score (nSPS) is 14.9. The average molecular weight is 403 g/mol. The number of amides is 1. The monoisotopic (exact) mass is 402 g/mol. The van der Waals surface area contributed by atoms with Crippen LogP contribution in [0.4, 0.5) is 0 Å². The Morgan fingerprint density at radius 1 is 1.10 bits per heavy atom. The Balaban J connectivity index is 1.29. The Morgan fingerprint density at radius 3 is 2.66 bits per heavy atom. The minimum absolute atomic E-state index is 0.0328. The van der Waals surface area contributed by atoms with E-state index in [0.29, 0.717) is 12.3 Å². The van der Waals surface area contributed by atoms with E-state index in [4.69, 9.17) is 0 Å². The van der Waals surface area contributed by atoms with Crippen molar-refractivity contribution in [2.45, 2.75) is 30.3 Å². The van der Waals surface area contributed by atoms with Crippen molar-refractivity contribution >= 4 is 34.2 Å². The number of hydrogen-bond donors (Lipinski definition) is 1. The van der Waals surface area contributed by atoms with Gasteiger partial charge in [-0.25, -0.2) is 0 Å². The number of para-hydroxylation sites is 1. The lowest BCUT2D eigenvalue weighted by Crippen LogP contribution is -2.33. The van der Waals surface area contributed by atoms with E-state index in [0.717, 1.165) is 29.2 Å². The maximum atomic E-state index is 12.5. The molecule has 6 heteroatoms. The third-order valence-electron chi connectivity index (χ3n) is 5.77. The number of thioether (sulfide) groups is 1. The fourth-order valence-corrected chi connectivity index (χ4v) is 4.71. The van der Waals surface area contributed by atoms with Crippen LogP contribution in [0.5, 0.6) is 0 Å². The Bertz CT molecular complexity index is 1200. The summed E-state index contributed by atoms with van der Waals surface area (Å²) in [7, 11) is 0. The van der Waals surface area contributed by atoms with Gasteiger partial charge in [0.2, 0.25) is 5.91 Å². The van der Waals surface area contributed by atoms with Gasteiger partial charge in [0.25, 0.3) is 0 Å². The van der Waals surface area contributed by atoms with Crippen molar-refractivity contribution in [2.24, 2.45) is 0 Å². The highest BCUT2D eigenvalue weighted by molar-refractivity contribution is 7.99. The highest BCUT2D eigenvalue weighted by Gasteiger charge is 2.44. The largest absolute Gasteiger partial charge is 0.354 e. The van der Waals surface area contributed by atoms with Crippen molar-refractivity contribution in [3.63, 3.8) is 0 Å². The van der Waals surface area contributed by atoms with E-state index < -0.39 is 0 Å². The molecule has 5 nitrogen and oxygen atoms in total. The molecule has 29 heavy (non-hydrogen) atoms. The summed E-state index contributed by atoms with van der Waals surface area (Å²) in [6.07, 6.45) is 2.26. The molecule has 2 heterocycles. The minimum atomic E-state index is 0.0328. The molecule has 0 bridgehead atoms. The molecule has 0 spiro atoms. The first-order valence-corrected chi connectivity index (χ1v) is 10.8. The number of carbonyl (C=O) groups excluding carboxylic acids is 1. The maximum Gasteiger partial charge on any atom is 0.230 e. The van der Waals surface area contributed by atoms with Crippen LogP contribution in [0.2, 0.25) is 0 Å². The first-order valence-electron chi connectivity index (χ1n) is 9.85. The van der Waals surface area contributed by atoms with Crippen LogP contribution in [-0.4, -0.2) is 32.8 Å². The van der Waals surface area contributed by atoms with E-state index in [2.05, 4.69) is 58.8 Å². The molecule has 1 aliphatic carbocycles. The second-order valence-electron chi connectivity index (χ2n) is 7.73. The van der Waals surface area contributed by atoms with Gasteiger partial charge in [-0.3, -0.25) is 9.20 Å². The van der Waals surface area contributed by atoms with Gasteiger partial charge in [0, 0.05) is 17.3 Å². The summed E-state index contributed by atoms with van der Waals surface area (Å²) < 4.78 is 2.03. The van der Waals surface area contributed by atoms with Crippen LogP contribution in [0.15, 0.2) is 65.8 Å². The molecule has 1 fully saturated rings. The summed E-state index contributed by atoms with van der Waals surface area (Å²) in [5.41, 5.74) is 4.49. The molecule has 4 aromatic rings. The number of rotatable bonds is 6. The second kappa shape index (κ2) is 7.19. The fourth-order valence-electron chi connectivity index (χ4n) is 3.93. The number of aryl methyl sites for hydroxylation is 1. The van der Waals surface area contributed by atoms with Crippen LogP contribution in [0, 0.1) is 6.92 Å². The highest BCUT2D eigenvalue weighted by atomic mass is 32.2. The van der Waals surface area contributed by atoms with Crippen molar-refractivity contribution in [3.05, 3.63) is 71.8 Å². The van der Waals surface area contributed by atoms with Crippen LogP contribution in [-0.2, 0) is 10.2 Å². The van der Waals surface area contributed by atoms with Crippen molar-refractivity contribution in [2.75, 3.05) is 12.3 Å². The van der Waals surface area contributed by atoms with Crippen LogP contribution in [0.25, 0.3) is 16.6 Å². The first-order chi connectivity index (χ1) is 14.2. The quantitative estimate of drug-likeness (QED) is 0.493. The highest BCUT2D eigenvalue weighted by Crippen LogP contribution is 2.47. The van der Waals surface area contributed by atoms with Crippen LogP contribution >= 0.6 is 11.8 Å². The van der Waals surface area contributed by atoms with E-state index in [1.807, 2.05) is 28.7 Å². The summed E-state index contributed by atoms with van der Waals surface area (Å²) in [5.74, 6) is 0.360. The molecular weight excluding hydrogens is 380 g/mol. The number of hydrogen-bond acceptors (Lipinski definition) is 4. The van der Waals surface area contributed by atoms with Gasteiger partial charge in [0.1, 0.15) is 0 Å². The van der Waals surface area contributed by atoms with Crippen molar-refractivity contribution in [1.29, 1.82) is 0 Å². The lowest BCUT2D eigenvalue weighted by Gasteiger charge is -2.16. The van der Waals surface area contributed by atoms with Crippen molar-refractivity contribution in [1.82, 2.24) is 19.9 Å². The zero-order valence-corrected chi connectivity index (χ0v) is 17.1. The Labute approximate surface area is 173 Å². The zero-order chi connectivity index (χ0) is 19.8. The van der Waals surface area contributed by atoms with Gasteiger partial charge in [-0.15, -0.1) is 10.2 Å². The van der Waals surface area contributed by atoms with Crippen LogP contribution in [0.1, 0.15) is 24.0 Å². The van der Waals surface area contributed by atoms with Gasteiger partial charge in [0.05, 0.1) is 11.3 Å². The van der Waals surface area contributed by atoms with Gasteiger partial charge < -0.3 is 5.32 Å². The molecule has 1 amide bonds. The summed E-state index contributed by atoms with van der Waals surface area (Å²) in [6, 6.07) is 20.7. The number of benzene rings is 2. The topological polar surface area (TPSA) is 59.3 Å². The summed E-state index contributed by atoms with van der Waals surface area (Å²) in [5, 5.41) is 13.7. The average Bonchev–Trinajstić information content (AvgIpc) is 3.45. The molecule has 1 saturated carbocycles. The van der Waals surface area contributed by atoms with Crippen molar-refractivity contribution < 1.29 is 4.79 Å². The van der Waals surface area contributed by atoms with Crippen LogP contribution < -0.4 is 5.32 Å². The Morgan fingerprint density at radius 2 is 1.86 bits per heavy atom. The molecule has 0 radical (unpaired) electrons. The molecule has 0 atom stereocenters. The summed E-state index contributed by atoms with van der Waals surface area (Å²) in [6.45, 7) is 2.77. The predicted octanol–water partition coefficient (Wildman–Crippen LogP) is 4.13. The Hall–Kier alpha value is -2.86. The molecule has 2 aromatic heterocycles. The minimum Gasteiger partial charge on any atom is -0.354 e. The van der Waals surface area contributed by atoms with Gasteiger partial charge >= 0.3 is 0 Å². The molecule has 1 N–H and O–H groups in total. The summed E-state index contributed by atoms with van der Waals surface area (Å²) >= 11 is 1.43. The van der Waals surface area contributed by atoms with E-state index in [1.165, 1.54) is 28.3 Å². The van der Waals surface area contributed by atoms with E-state index >= 15 is 0 Å². The van der Waals surface area contributed by atoms with Crippen LogP contribution in [0.3, 0.4) is 0 Å². The number of carbonyl (C=O) groups is 1. The lowest BCUT2D eigenvalue weighted by molar-refractivity contribution is -0.118. The molecule has 2 aromatic carbocycles. The zero-order valence-electron chi connectivity index (χ0n) is 16.3. The number of aromatic nitrogens is 3. The second-order valence-corrected chi connectivity index (χ2v) is 8.67. The molecule has 0 saturated heterocycles. The molecular formula is C23H22N4OS. The van der Waals surface area contributed by atoms with Gasteiger partial charge in [-0.1, -0.05) is 60.3 Å². The van der Waals surface area contributed by atoms with E-state index in [-0.39, 0.29) is 11.3 Å². The number of nitrogens with zero attached hydrogens (tertiary/aromatic N) is 3. The molecule has 0 unspecified atom stereocenters. The number of fused-ring (bicyclic) bond motifs is 3. The molecule has 1 aliphatic rings. The first kappa shape index (κ1) is 18.2. The third-order valence-corrected chi connectivity index (χ3v) is 6.70. The SMILES string of the molecule is Cc1cc2nnc(SCC(=O)NCC3(c4ccccc4)CC3)n2c2ccccc12.